The van der Waals surface area contributed by atoms with E-state index in [4.69, 9.17) is 0 Å². The van der Waals surface area contributed by atoms with Crippen molar-refractivity contribution >= 4 is 17.8 Å². The third-order valence-electron chi connectivity index (χ3n) is 4.21. The summed E-state index contributed by atoms with van der Waals surface area (Å²) in [5, 5.41) is 12.3. The minimum atomic E-state index is -0.931. The molecular weight excluding hydrogens is 310 g/mol. The number of pyridine rings is 1. The molecule has 1 aromatic heterocycles. The molecule has 0 radical (unpaired) electrons. The van der Waals surface area contributed by atoms with E-state index < -0.39 is 23.3 Å². The molecule has 1 saturated heterocycles. The number of hydrogen-bond acceptors (Lipinski definition) is 4. The van der Waals surface area contributed by atoms with E-state index in [2.05, 4.69) is 10.3 Å². The van der Waals surface area contributed by atoms with Crippen molar-refractivity contribution in [1.29, 1.82) is 0 Å². The first-order valence-corrected chi connectivity index (χ1v) is 7.85. The molecule has 2 amide bonds. The molecule has 2 heterocycles. The number of carboxylic acids is 1. The molecule has 2 rings (SSSR count). The van der Waals surface area contributed by atoms with Gasteiger partial charge in [0.2, 0.25) is 0 Å². The molecule has 24 heavy (non-hydrogen) atoms. The van der Waals surface area contributed by atoms with Crippen LogP contribution in [-0.4, -0.2) is 45.4 Å². The highest BCUT2D eigenvalue weighted by Crippen LogP contribution is 2.33. The van der Waals surface area contributed by atoms with Crippen LogP contribution in [0.5, 0.6) is 0 Å². The second-order valence-corrected chi connectivity index (χ2v) is 7.13. The largest absolute Gasteiger partial charge is 0.481 e. The molecule has 1 aliphatic rings. The standard InChI is InChI=1S/C17H23N3O4/c1-10(21)12-7-5-6-11(19-12)9-20-13(8-18-16(20)24)14(15(22)23)17(2,3)4/h5-7,13-14H,8-9H2,1-4H3,(H,18,24)(H,22,23)/t13?,14-/m0/s1. The van der Waals surface area contributed by atoms with Gasteiger partial charge in [-0.1, -0.05) is 26.8 Å². The van der Waals surface area contributed by atoms with E-state index >= 15 is 0 Å². The second-order valence-electron chi connectivity index (χ2n) is 7.13. The summed E-state index contributed by atoms with van der Waals surface area (Å²) in [6.07, 6.45) is 0. The molecule has 0 saturated carbocycles. The van der Waals surface area contributed by atoms with Crippen molar-refractivity contribution < 1.29 is 19.5 Å². The van der Waals surface area contributed by atoms with Gasteiger partial charge in [0.25, 0.3) is 0 Å². The van der Waals surface area contributed by atoms with Crippen molar-refractivity contribution in [2.75, 3.05) is 6.54 Å². The SMILES string of the molecule is CC(=O)c1cccc(CN2C(=O)NCC2[C@@H](C(=O)O)C(C)(C)C)n1. The predicted octanol–water partition coefficient (Wildman–Crippen LogP) is 1.92. The van der Waals surface area contributed by atoms with Crippen LogP contribution in [0.3, 0.4) is 0 Å². The van der Waals surface area contributed by atoms with Crippen LogP contribution in [0.4, 0.5) is 4.79 Å². The summed E-state index contributed by atoms with van der Waals surface area (Å²) in [6, 6.07) is 4.26. The Morgan fingerprint density at radius 1 is 1.42 bits per heavy atom. The summed E-state index contributed by atoms with van der Waals surface area (Å²) >= 11 is 0. The van der Waals surface area contributed by atoms with Crippen LogP contribution in [0.2, 0.25) is 0 Å². The van der Waals surface area contributed by atoms with Gasteiger partial charge in [0.1, 0.15) is 5.69 Å². The number of rotatable bonds is 5. The van der Waals surface area contributed by atoms with Crippen molar-refractivity contribution in [3.8, 4) is 0 Å². The topological polar surface area (TPSA) is 99.6 Å². The van der Waals surface area contributed by atoms with Crippen molar-refractivity contribution in [3.05, 3.63) is 29.6 Å². The van der Waals surface area contributed by atoms with Crippen LogP contribution in [0.15, 0.2) is 18.2 Å². The lowest BCUT2D eigenvalue weighted by Crippen LogP contribution is -2.47. The van der Waals surface area contributed by atoms with Crippen LogP contribution >= 0.6 is 0 Å². The average Bonchev–Trinajstić information content (AvgIpc) is 2.79. The Hall–Kier alpha value is -2.44. The number of urea groups is 1. The van der Waals surface area contributed by atoms with E-state index in [-0.39, 0.29) is 24.9 Å². The third-order valence-corrected chi connectivity index (χ3v) is 4.21. The van der Waals surface area contributed by atoms with Gasteiger partial charge >= 0.3 is 12.0 Å². The first-order chi connectivity index (χ1) is 11.1. The maximum absolute atomic E-state index is 12.2. The maximum Gasteiger partial charge on any atom is 0.318 e. The smallest absolute Gasteiger partial charge is 0.318 e. The number of hydrogen-bond donors (Lipinski definition) is 2. The zero-order chi connectivity index (χ0) is 18.1. The van der Waals surface area contributed by atoms with Gasteiger partial charge in [0.05, 0.1) is 24.2 Å². The van der Waals surface area contributed by atoms with Crippen LogP contribution in [0.25, 0.3) is 0 Å². The molecule has 2 N–H and O–H groups in total. The molecule has 0 spiro atoms. The van der Waals surface area contributed by atoms with Crippen LogP contribution in [0.1, 0.15) is 43.9 Å². The Kier molecular flexibility index (Phi) is 4.91. The number of aliphatic carboxylic acids is 1. The normalized spacial score (nSPS) is 19.1. The first kappa shape index (κ1) is 17.9. The van der Waals surface area contributed by atoms with Crippen LogP contribution in [0, 0.1) is 11.3 Å². The molecular formula is C17H23N3O4. The number of Topliss-reactive ketones (excluding diaryl/α,β-unsaturated/α-hetero) is 1. The van der Waals surface area contributed by atoms with Gasteiger partial charge in [0.15, 0.2) is 5.78 Å². The summed E-state index contributed by atoms with van der Waals surface area (Å²) in [4.78, 5) is 41.2. The monoisotopic (exact) mass is 333 g/mol. The Labute approximate surface area is 141 Å². The molecule has 2 atom stereocenters. The van der Waals surface area contributed by atoms with Gasteiger partial charge in [-0.05, 0) is 17.5 Å². The van der Waals surface area contributed by atoms with E-state index in [1.165, 1.54) is 11.8 Å². The number of carbonyl (C=O) groups is 3. The molecule has 0 aliphatic carbocycles. The molecule has 1 unspecified atom stereocenters. The van der Waals surface area contributed by atoms with Gasteiger partial charge in [-0.15, -0.1) is 0 Å². The van der Waals surface area contributed by atoms with Gasteiger partial charge in [0, 0.05) is 13.5 Å². The number of amides is 2. The Balaban J connectivity index is 2.29. The zero-order valence-corrected chi connectivity index (χ0v) is 14.4. The molecule has 1 aromatic rings. The molecule has 1 aliphatic heterocycles. The number of nitrogens with zero attached hydrogens (tertiary/aromatic N) is 2. The average molecular weight is 333 g/mol. The molecule has 1 fully saturated rings. The highest BCUT2D eigenvalue weighted by Gasteiger charge is 2.45. The Morgan fingerprint density at radius 2 is 2.08 bits per heavy atom. The molecule has 0 aromatic carbocycles. The quantitative estimate of drug-likeness (QED) is 0.802. The Morgan fingerprint density at radius 3 is 2.62 bits per heavy atom. The van der Waals surface area contributed by atoms with Crippen LogP contribution in [-0.2, 0) is 11.3 Å². The fourth-order valence-electron chi connectivity index (χ4n) is 3.09. The highest BCUT2D eigenvalue weighted by molar-refractivity contribution is 5.92. The van der Waals surface area contributed by atoms with Gasteiger partial charge < -0.3 is 15.3 Å². The third kappa shape index (κ3) is 3.72. The van der Waals surface area contributed by atoms with Crippen molar-refractivity contribution in [3.63, 3.8) is 0 Å². The minimum Gasteiger partial charge on any atom is -0.481 e. The number of carboxylic acid groups (broad SMARTS) is 1. The van der Waals surface area contributed by atoms with E-state index in [1.807, 2.05) is 20.8 Å². The summed E-state index contributed by atoms with van der Waals surface area (Å²) in [5.41, 5.74) is 0.382. The fraction of sp³-hybridized carbons (Fsp3) is 0.529. The highest BCUT2D eigenvalue weighted by atomic mass is 16.4. The van der Waals surface area contributed by atoms with E-state index in [9.17, 15) is 19.5 Å². The van der Waals surface area contributed by atoms with Gasteiger partial charge in [-0.2, -0.15) is 0 Å². The lowest BCUT2D eigenvalue weighted by Gasteiger charge is -2.35. The molecule has 130 valence electrons. The number of aromatic nitrogens is 1. The predicted molar refractivity (Wildman–Crippen MR) is 87.6 cm³/mol. The lowest BCUT2D eigenvalue weighted by molar-refractivity contribution is -0.148. The molecule has 0 bridgehead atoms. The van der Waals surface area contributed by atoms with E-state index in [1.54, 1.807) is 18.2 Å². The molecule has 7 nitrogen and oxygen atoms in total. The van der Waals surface area contributed by atoms with Crippen molar-refractivity contribution in [2.24, 2.45) is 11.3 Å². The molecule has 7 heteroatoms. The maximum atomic E-state index is 12.2. The summed E-state index contributed by atoms with van der Waals surface area (Å²) in [5.74, 6) is -1.80. The van der Waals surface area contributed by atoms with Gasteiger partial charge in [-0.3, -0.25) is 9.59 Å². The number of carbonyl (C=O) groups excluding carboxylic acids is 2. The van der Waals surface area contributed by atoms with Crippen molar-refractivity contribution in [2.45, 2.75) is 40.3 Å². The zero-order valence-electron chi connectivity index (χ0n) is 14.4. The number of nitrogens with one attached hydrogen (secondary N) is 1. The summed E-state index contributed by atoms with van der Waals surface area (Å²) in [7, 11) is 0. The summed E-state index contributed by atoms with van der Waals surface area (Å²) in [6.45, 7) is 7.42. The minimum absolute atomic E-state index is 0.155. The Bertz CT molecular complexity index is 666. The fourth-order valence-corrected chi connectivity index (χ4v) is 3.09. The van der Waals surface area contributed by atoms with E-state index in [0.29, 0.717) is 11.4 Å². The second kappa shape index (κ2) is 6.59. The van der Waals surface area contributed by atoms with Crippen LogP contribution < -0.4 is 5.32 Å². The van der Waals surface area contributed by atoms with E-state index in [0.717, 1.165) is 0 Å². The summed E-state index contributed by atoms with van der Waals surface area (Å²) < 4.78 is 0. The number of ketones is 1. The first-order valence-electron chi connectivity index (χ1n) is 7.85. The van der Waals surface area contributed by atoms with Gasteiger partial charge in [-0.25, -0.2) is 9.78 Å². The van der Waals surface area contributed by atoms with Crippen molar-refractivity contribution in [1.82, 2.24) is 15.2 Å². The lowest BCUT2D eigenvalue weighted by atomic mass is 9.76.